The van der Waals surface area contributed by atoms with Crippen molar-refractivity contribution in [2.75, 3.05) is 6.61 Å². The lowest BCUT2D eigenvalue weighted by Crippen LogP contribution is -2.57. The molecular weight excluding hydrogens is 166 g/mol. The largest absolute Gasteiger partial charge is 0.393 e. The first kappa shape index (κ1) is 8.38. The number of aliphatic hydroxyl groups excluding tert-OH is 1. The normalized spacial score (nSPS) is 37.8. The maximum absolute atomic E-state index is 12.5. The summed E-state index contributed by atoms with van der Waals surface area (Å²) in [4.78, 5) is 0. The summed E-state index contributed by atoms with van der Waals surface area (Å²) >= 11 is 0. The molecule has 2 aliphatic rings. The number of alkyl halides is 2. The molecule has 1 heterocycles. The van der Waals surface area contributed by atoms with Crippen molar-refractivity contribution in [2.45, 2.75) is 43.3 Å². The number of ether oxygens (including phenoxy) is 1. The van der Waals surface area contributed by atoms with E-state index in [2.05, 4.69) is 0 Å². The highest BCUT2D eigenvalue weighted by molar-refractivity contribution is 5.03. The molecule has 2 rings (SSSR count). The Morgan fingerprint density at radius 3 is 2.50 bits per heavy atom. The lowest BCUT2D eigenvalue weighted by atomic mass is 9.71. The monoisotopic (exact) mass is 178 g/mol. The third-order valence-electron chi connectivity index (χ3n) is 2.63. The molecule has 4 heteroatoms. The fourth-order valence-electron chi connectivity index (χ4n) is 2.14. The molecule has 2 nitrogen and oxygen atoms in total. The van der Waals surface area contributed by atoms with Crippen molar-refractivity contribution >= 4 is 0 Å². The van der Waals surface area contributed by atoms with Gasteiger partial charge in [0.05, 0.1) is 11.7 Å². The third-order valence-corrected chi connectivity index (χ3v) is 2.63. The van der Waals surface area contributed by atoms with E-state index in [1.165, 1.54) is 0 Å². The molecule has 1 spiro atoms. The lowest BCUT2D eigenvalue weighted by Gasteiger charge is -2.50. The molecule has 0 bridgehead atoms. The van der Waals surface area contributed by atoms with Crippen LogP contribution in [-0.2, 0) is 4.74 Å². The molecule has 12 heavy (non-hydrogen) atoms. The minimum Gasteiger partial charge on any atom is -0.393 e. The van der Waals surface area contributed by atoms with E-state index in [1.807, 2.05) is 0 Å². The van der Waals surface area contributed by atoms with Crippen LogP contribution in [0.2, 0.25) is 0 Å². The Kier molecular flexibility index (Phi) is 1.67. The maximum atomic E-state index is 12.5. The van der Waals surface area contributed by atoms with Crippen molar-refractivity contribution in [3.05, 3.63) is 0 Å². The summed E-state index contributed by atoms with van der Waals surface area (Å²) in [7, 11) is 0. The van der Waals surface area contributed by atoms with Crippen LogP contribution >= 0.6 is 0 Å². The van der Waals surface area contributed by atoms with Gasteiger partial charge in [0.1, 0.15) is 0 Å². The van der Waals surface area contributed by atoms with E-state index < -0.39 is 17.6 Å². The Bertz CT molecular complexity index is 180. The van der Waals surface area contributed by atoms with Crippen molar-refractivity contribution in [2.24, 2.45) is 0 Å². The van der Waals surface area contributed by atoms with Crippen LogP contribution < -0.4 is 0 Å². The second-order valence-electron chi connectivity index (χ2n) is 3.89. The summed E-state index contributed by atoms with van der Waals surface area (Å²) < 4.78 is 30.3. The van der Waals surface area contributed by atoms with Gasteiger partial charge in [-0.3, -0.25) is 0 Å². The van der Waals surface area contributed by atoms with E-state index in [9.17, 15) is 13.9 Å². The Labute approximate surface area is 69.5 Å². The minimum atomic E-state index is -2.56. The van der Waals surface area contributed by atoms with E-state index in [1.54, 1.807) is 0 Å². The zero-order valence-electron chi connectivity index (χ0n) is 6.72. The van der Waals surface area contributed by atoms with Gasteiger partial charge in [-0.25, -0.2) is 8.78 Å². The van der Waals surface area contributed by atoms with Gasteiger partial charge in [0.25, 0.3) is 5.92 Å². The fraction of sp³-hybridized carbons (Fsp3) is 1.00. The molecule has 0 aromatic rings. The molecular formula is C8H12F2O2. The molecule has 1 unspecified atom stereocenters. The van der Waals surface area contributed by atoms with Crippen molar-refractivity contribution in [1.82, 2.24) is 0 Å². The Morgan fingerprint density at radius 2 is 2.00 bits per heavy atom. The predicted octanol–water partition coefficient (Wildman–Crippen LogP) is 1.33. The zero-order valence-corrected chi connectivity index (χ0v) is 6.72. The molecule has 0 aromatic carbocycles. The summed E-state index contributed by atoms with van der Waals surface area (Å²) in [5.41, 5.74) is -0.693. The molecule has 1 saturated carbocycles. The molecule has 1 aliphatic carbocycles. The van der Waals surface area contributed by atoms with Crippen molar-refractivity contribution in [1.29, 1.82) is 0 Å². The number of halogens is 2. The third kappa shape index (κ3) is 1.33. The summed E-state index contributed by atoms with van der Waals surface area (Å²) in [5.74, 6) is -2.56. The van der Waals surface area contributed by atoms with Gasteiger partial charge in [-0.2, -0.15) is 0 Å². The average molecular weight is 178 g/mol. The van der Waals surface area contributed by atoms with Crippen LogP contribution in [0.1, 0.15) is 25.7 Å². The first-order valence-electron chi connectivity index (χ1n) is 4.21. The molecule has 0 amide bonds. The molecule has 1 saturated heterocycles. The van der Waals surface area contributed by atoms with E-state index in [-0.39, 0.29) is 12.8 Å². The van der Waals surface area contributed by atoms with Crippen molar-refractivity contribution in [3.8, 4) is 0 Å². The smallest absolute Gasteiger partial charge is 0.253 e. The molecule has 0 radical (unpaired) electrons. The highest BCUT2D eigenvalue weighted by atomic mass is 19.3. The number of hydrogen-bond acceptors (Lipinski definition) is 2. The minimum absolute atomic E-state index is 0.211. The van der Waals surface area contributed by atoms with Crippen LogP contribution in [0.15, 0.2) is 0 Å². The molecule has 0 aromatic heterocycles. The summed E-state index contributed by atoms with van der Waals surface area (Å²) in [6, 6.07) is 0. The first-order valence-corrected chi connectivity index (χ1v) is 4.21. The van der Waals surface area contributed by atoms with Crippen LogP contribution in [0, 0.1) is 0 Å². The van der Waals surface area contributed by atoms with E-state index in [4.69, 9.17) is 4.74 Å². The molecule has 1 N–H and O–H groups in total. The van der Waals surface area contributed by atoms with E-state index in [0.717, 1.165) is 0 Å². The van der Waals surface area contributed by atoms with Gasteiger partial charge in [0, 0.05) is 25.9 Å². The Balaban J connectivity index is 1.96. The van der Waals surface area contributed by atoms with Crippen molar-refractivity contribution in [3.63, 3.8) is 0 Å². The van der Waals surface area contributed by atoms with E-state index in [0.29, 0.717) is 19.4 Å². The average Bonchev–Trinajstić information content (AvgIpc) is 1.81. The van der Waals surface area contributed by atoms with Gasteiger partial charge in [0.2, 0.25) is 0 Å². The molecule has 70 valence electrons. The number of aliphatic hydroxyl groups is 1. The zero-order chi connectivity index (χ0) is 8.82. The van der Waals surface area contributed by atoms with Gasteiger partial charge >= 0.3 is 0 Å². The summed E-state index contributed by atoms with van der Waals surface area (Å²) in [6.45, 7) is 0.414. The van der Waals surface area contributed by atoms with E-state index >= 15 is 0 Å². The second-order valence-corrected chi connectivity index (χ2v) is 3.89. The number of hydrogen-bond donors (Lipinski definition) is 1. The highest BCUT2D eigenvalue weighted by Crippen LogP contribution is 2.51. The first-order chi connectivity index (χ1) is 5.52. The van der Waals surface area contributed by atoms with Gasteiger partial charge < -0.3 is 9.84 Å². The van der Waals surface area contributed by atoms with Crippen LogP contribution in [0.25, 0.3) is 0 Å². The molecule has 2 fully saturated rings. The Morgan fingerprint density at radius 1 is 1.33 bits per heavy atom. The fourth-order valence-corrected chi connectivity index (χ4v) is 2.14. The second kappa shape index (κ2) is 2.39. The SMILES string of the molecule is OC1CCOC2(C1)CC(F)(F)C2. The summed E-state index contributed by atoms with van der Waals surface area (Å²) in [5, 5.41) is 9.26. The van der Waals surface area contributed by atoms with Gasteiger partial charge in [-0.1, -0.05) is 0 Å². The molecule has 1 atom stereocenters. The maximum Gasteiger partial charge on any atom is 0.253 e. The van der Waals surface area contributed by atoms with Crippen LogP contribution in [0.5, 0.6) is 0 Å². The predicted molar refractivity (Wildman–Crippen MR) is 38.1 cm³/mol. The highest BCUT2D eigenvalue weighted by Gasteiger charge is 2.58. The van der Waals surface area contributed by atoms with Gasteiger partial charge in [-0.15, -0.1) is 0 Å². The summed E-state index contributed by atoms with van der Waals surface area (Å²) in [6.07, 6.45) is 0.0826. The quantitative estimate of drug-likeness (QED) is 0.606. The standard InChI is InChI=1S/C8H12F2O2/c9-8(10)4-7(5-8)3-6(11)1-2-12-7/h6,11H,1-5H2. The topological polar surface area (TPSA) is 29.5 Å². The van der Waals surface area contributed by atoms with Crippen LogP contribution in [0.4, 0.5) is 8.78 Å². The lowest BCUT2D eigenvalue weighted by molar-refractivity contribution is -0.254. The molecule has 1 aliphatic heterocycles. The van der Waals surface area contributed by atoms with Crippen molar-refractivity contribution < 1.29 is 18.6 Å². The van der Waals surface area contributed by atoms with Crippen LogP contribution in [-0.4, -0.2) is 29.3 Å². The van der Waals surface area contributed by atoms with Crippen LogP contribution in [0.3, 0.4) is 0 Å². The van der Waals surface area contributed by atoms with Gasteiger partial charge in [0.15, 0.2) is 0 Å². The number of rotatable bonds is 0. The van der Waals surface area contributed by atoms with Gasteiger partial charge in [-0.05, 0) is 6.42 Å². The Hall–Kier alpha value is -0.220.